The molecule has 30 heavy (non-hydrogen) atoms. The highest BCUT2D eigenvalue weighted by Crippen LogP contribution is 2.30. The molecular formula is C25H26N2O3. The fourth-order valence-electron chi connectivity index (χ4n) is 3.90. The van der Waals surface area contributed by atoms with Crippen LogP contribution in [-0.2, 0) is 11.2 Å². The highest BCUT2D eigenvalue weighted by Gasteiger charge is 2.18. The van der Waals surface area contributed by atoms with Gasteiger partial charge in [-0.05, 0) is 48.6 Å². The van der Waals surface area contributed by atoms with E-state index in [1.807, 2.05) is 56.6 Å². The third kappa shape index (κ3) is 4.02. The first-order chi connectivity index (χ1) is 14.6. The summed E-state index contributed by atoms with van der Waals surface area (Å²) < 4.78 is 11.1. The van der Waals surface area contributed by atoms with Crippen LogP contribution >= 0.6 is 0 Å². The van der Waals surface area contributed by atoms with Crippen LogP contribution < -0.4 is 10.1 Å². The fourth-order valence-corrected chi connectivity index (χ4v) is 3.90. The summed E-state index contributed by atoms with van der Waals surface area (Å²) in [5, 5.41) is 6.35. The van der Waals surface area contributed by atoms with Crippen LogP contribution in [0.2, 0.25) is 0 Å². The number of hydrogen-bond donors (Lipinski definition) is 1. The number of rotatable bonds is 7. The van der Waals surface area contributed by atoms with E-state index in [4.69, 9.17) is 9.15 Å². The quantitative estimate of drug-likeness (QED) is 0.493. The Morgan fingerprint density at radius 3 is 2.73 bits per heavy atom. The third-order valence-corrected chi connectivity index (χ3v) is 5.49. The van der Waals surface area contributed by atoms with Crippen molar-refractivity contribution >= 4 is 27.6 Å². The Labute approximate surface area is 176 Å². The molecule has 4 aromatic rings. The Kier molecular flexibility index (Phi) is 5.72. The molecular weight excluding hydrogens is 376 g/mol. The lowest BCUT2D eigenvalue weighted by molar-refractivity contribution is -0.120. The number of ether oxygens (including phenoxy) is 1. The highest BCUT2D eigenvalue weighted by atomic mass is 16.5. The van der Waals surface area contributed by atoms with Gasteiger partial charge in [-0.15, -0.1) is 0 Å². The van der Waals surface area contributed by atoms with Gasteiger partial charge in [-0.3, -0.25) is 4.79 Å². The van der Waals surface area contributed by atoms with Crippen molar-refractivity contribution in [2.24, 2.45) is 0 Å². The number of carbonyl (C=O) groups excluding carboxylic acids is 1. The van der Waals surface area contributed by atoms with Crippen molar-refractivity contribution in [3.8, 4) is 5.75 Å². The minimum atomic E-state index is -0.0274. The van der Waals surface area contributed by atoms with Gasteiger partial charge in [0.05, 0.1) is 25.8 Å². The van der Waals surface area contributed by atoms with Crippen molar-refractivity contribution in [2.45, 2.75) is 12.5 Å². The summed E-state index contributed by atoms with van der Waals surface area (Å²) in [5.74, 6) is 0.780. The third-order valence-electron chi connectivity index (χ3n) is 5.49. The van der Waals surface area contributed by atoms with Gasteiger partial charge < -0.3 is 19.4 Å². The smallest absolute Gasteiger partial charge is 0.224 e. The molecule has 0 aliphatic heterocycles. The molecule has 0 fully saturated rings. The summed E-state index contributed by atoms with van der Waals surface area (Å²) in [6.07, 6.45) is 1.97. The normalized spacial score (nSPS) is 12.4. The van der Waals surface area contributed by atoms with Gasteiger partial charge in [0.2, 0.25) is 5.91 Å². The molecule has 5 heteroatoms. The number of amides is 1. The van der Waals surface area contributed by atoms with Crippen LogP contribution in [0.5, 0.6) is 5.75 Å². The van der Waals surface area contributed by atoms with Crippen molar-refractivity contribution in [3.63, 3.8) is 0 Å². The maximum absolute atomic E-state index is 12.8. The molecule has 0 bridgehead atoms. The molecule has 0 saturated heterocycles. The molecule has 0 unspecified atom stereocenters. The lowest BCUT2D eigenvalue weighted by Crippen LogP contribution is -2.35. The molecule has 4 rings (SSSR count). The molecule has 0 aliphatic carbocycles. The number of methoxy groups -OCH3 is 1. The largest absolute Gasteiger partial charge is 0.497 e. The Balaban J connectivity index is 1.51. The molecule has 5 nitrogen and oxygen atoms in total. The van der Waals surface area contributed by atoms with E-state index in [1.54, 1.807) is 13.4 Å². The first-order valence-corrected chi connectivity index (χ1v) is 10.0. The zero-order valence-electron chi connectivity index (χ0n) is 17.5. The summed E-state index contributed by atoms with van der Waals surface area (Å²) >= 11 is 0. The standard InChI is InChI=1S/C25H26N2O3/c1-27(2)22(18-8-6-9-20(13-18)29-3)15-26-24(28)14-19-16-30-23-12-11-17-7-4-5-10-21(17)25(19)23/h4-13,16,22H,14-15H2,1-3H3,(H,26,28)/t22-/m1/s1. The van der Waals surface area contributed by atoms with Crippen molar-refractivity contribution < 1.29 is 13.9 Å². The highest BCUT2D eigenvalue weighted by molar-refractivity contribution is 6.08. The number of hydrogen-bond acceptors (Lipinski definition) is 4. The SMILES string of the molecule is COc1cccc([C@@H](CNC(=O)Cc2coc3ccc4ccccc4c23)N(C)C)c1. The minimum Gasteiger partial charge on any atom is -0.497 e. The van der Waals surface area contributed by atoms with E-state index in [2.05, 4.69) is 28.4 Å². The minimum absolute atomic E-state index is 0.0274. The number of carbonyl (C=O) groups is 1. The molecule has 0 radical (unpaired) electrons. The molecule has 0 saturated carbocycles. The Hall–Kier alpha value is -3.31. The van der Waals surface area contributed by atoms with Gasteiger partial charge in [0.1, 0.15) is 11.3 Å². The van der Waals surface area contributed by atoms with E-state index in [9.17, 15) is 4.79 Å². The fraction of sp³-hybridized carbons (Fsp3) is 0.240. The Morgan fingerprint density at radius 1 is 1.10 bits per heavy atom. The van der Waals surface area contributed by atoms with Gasteiger partial charge in [-0.1, -0.05) is 42.5 Å². The number of nitrogens with zero attached hydrogens (tertiary/aromatic N) is 1. The number of likely N-dealkylation sites (N-methyl/N-ethyl adjacent to an activating group) is 1. The molecule has 1 heterocycles. The molecule has 3 aromatic carbocycles. The number of nitrogens with one attached hydrogen (secondary N) is 1. The van der Waals surface area contributed by atoms with E-state index >= 15 is 0 Å². The molecule has 154 valence electrons. The monoisotopic (exact) mass is 402 g/mol. The van der Waals surface area contributed by atoms with Crippen LogP contribution in [0.3, 0.4) is 0 Å². The lowest BCUT2D eigenvalue weighted by Gasteiger charge is -2.25. The zero-order valence-corrected chi connectivity index (χ0v) is 17.5. The van der Waals surface area contributed by atoms with E-state index < -0.39 is 0 Å². The lowest BCUT2D eigenvalue weighted by atomic mass is 10.0. The molecule has 1 amide bonds. The van der Waals surface area contributed by atoms with E-state index in [0.717, 1.165) is 38.6 Å². The van der Waals surface area contributed by atoms with E-state index in [1.165, 1.54) is 0 Å². The Morgan fingerprint density at radius 2 is 1.93 bits per heavy atom. The van der Waals surface area contributed by atoms with Gasteiger partial charge in [-0.25, -0.2) is 0 Å². The van der Waals surface area contributed by atoms with Crippen molar-refractivity contribution in [2.75, 3.05) is 27.7 Å². The molecule has 0 aliphatic rings. The number of furan rings is 1. The molecule has 1 N–H and O–H groups in total. The maximum atomic E-state index is 12.8. The maximum Gasteiger partial charge on any atom is 0.224 e. The molecule has 0 spiro atoms. The van der Waals surface area contributed by atoms with Crippen LogP contribution in [0.15, 0.2) is 71.3 Å². The van der Waals surface area contributed by atoms with Gasteiger partial charge in [0.25, 0.3) is 0 Å². The van der Waals surface area contributed by atoms with Crippen LogP contribution in [0, 0.1) is 0 Å². The van der Waals surface area contributed by atoms with E-state index in [0.29, 0.717) is 6.54 Å². The van der Waals surface area contributed by atoms with Gasteiger partial charge in [-0.2, -0.15) is 0 Å². The molecule has 1 aromatic heterocycles. The van der Waals surface area contributed by atoms with E-state index in [-0.39, 0.29) is 18.4 Å². The first-order valence-electron chi connectivity index (χ1n) is 10.0. The average molecular weight is 402 g/mol. The summed E-state index contributed by atoms with van der Waals surface area (Å²) in [6.45, 7) is 0.509. The zero-order chi connectivity index (χ0) is 21.1. The van der Waals surface area contributed by atoms with Gasteiger partial charge in [0, 0.05) is 17.5 Å². The summed E-state index contributed by atoms with van der Waals surface area (Å²) in [6, 6.07) is 20.2. The predicted octanol–water partition coefficient (Wildman–Crippen LogP) is 4.56. The van der Waals surface area contributed by atoms with Crippen LogP contribution in [0.25, 0.3) is 21.7 Å². The van der Waals surface area contributed by atoms with Crippen molar-refractivity contribution in [3.05, 3.63) is 78.1 Å². The van der Waals surface area contributed by atoms with Crippen molar-refractivity contribution in [1.82, 2.24) is 10.2 Å². The van der Waals surface area contributed by atoms with Crippen LogP contribution in [0.1, 0.15) is 17.2 Å². The van der Waals surface area contributed by atoms with Crippen molar-refractivity contribution in [1.29, 1.82) is 0 Å². The van der Waals surface area contributed by atoms with Gasteiger partial charge >= 0.3 is 0 Å². The predicted molar refractivity (Wildman–Crippen MR) is 120 cm³/mol. The summed E-state index contributed by atoms with van der Waals surface area (Å²) in [5.41, 5.74) is 2.81. The second-order valence-corrected chi connectivity index (χ2v) is 7.66. The topological polar surface area (TPSA) is 54.7 Å². The van der Waals surface area contributed by atoms with Crippen LogP contribution in [0.4, 0.5) is 0 Å². The second kappa shape index (κ2) is 8.59. The Bertz CT molecular complexity index is 1180. The number of fused-ring (bicyclic) bond motifs is 3. The summed E-state index contributed by atoms with van der Waals surface area (Å²) in [4.78, 5) is 14.9. The number of benzene rings is 3. The molecule has 1 atom stereocenters. The summed E-state index contributed by atoms with van der Waals surface area (Å²) in [7, 11) is 5.67. The van der Waals surface area contributed by atoms with Crippen LogP contribution in [-0.4, -0.2) is 38.6 Å². The van der Waals surface area contributed by atoms with Gasteiger partial charge in [0.15, 0.2) is 0 Å². The second-order valence-electron chi connectivity index (χ2n) is 7.66. The average Bonchev–Trinajstić information content (AvgIpc) is 3.17. The first kappa shape index (κ1) is 20.0.